The number of hydrogen-bond donors (Lipinski definition) is 1. The maximum absolute atomic E-state index is 11.7. The van der Waals surface area contributed by atoms with Crippen molar-refractivity contribution in [2.45, 2.75) is 65.2 Å². The summed E-state index contributed by atoms with van der Waals surface area (Å²) >= 11 is 0. The number of hydrogen-bond acceptors (Lipinski definition) is 5. The van der Waals surface area contributed by atoms with Crippen LogP contribution in [-0.4, -0.2) is 57.8 Å². The summed E-state index contributed by atoms with van der Waals surface area (Å²) < 4.78 is 31.9. The summed E-state index contributed by atoms with van der Waals surface area (Å²) in [5.41, 5.74) is 0. The first kappa shape index (κ1) is 27.3. The first-order valence-corrected chi connectivity index (χ1v) is 10.7. The second-order valence-corrected chi connectivity index (χ2v) is 8.04. The normalized spacial score (nSPS) is 11.9. The molecule has 0 aromatic heterocycles. The zero-order chi connectivity index (χ0) is 20.5. The number of amides is 1. The lowest BCUT2D eigenvalue weighted by Gasteiger charge is -2.29. The third-order valence-electron chi connectivity index (χ3n) is 3.71. The van der Waals surface area contributed by atoms with E-state index < -0.39 is 10.4 Å². The highest BCUT2D eigenvalue weighted by Crippen LogP contribution is 2.07. The highest BCUT2D eigenvalue weighted by atomic mass is 32.3. The lowest BCUT2D eigenvalue weighted by molar-refractivity contribution is -0.892. The van der Waals surface area contributed by atoms with Crippen LogP contribution in [0.25, 0.3) is 0 Å². The van der Waals surface area contributed by atoms with Crippen LogP contribution in [0.5, 0.6) is 0 Å². The number of unbranched alkanes of at least 4 members (excludes halogenated alkanes) is 6. The van der Waals surface area contributed by atoms with Crippen LogP contribution in [0.2, 0.25) is 0 Å². The second-order valence-electron chi connectivity index (χ2n) is 6.89. The van der Waals surface area contributed by atoms with Crippen molar-refractivity contribution in [1.82, 2.24) is 5.32 Å². The average Bonchev–Trinajstić information content (AvgIpc) is 2.55. The first-order valence-electron chi connectivity index (χ1n) is 9.35. The van der Waals surface area contributed by atoms with Crippen LogP contribution in [0.3, 0.4) is 0 Å². The van der Waals surface area contributed by atoms with E-state index in [2.05, 4.69) is 37.4 Å². The predicted octanol–water partition coefficient (Wildman–Crippen LogP) is 2.95. The number of carbonyl (C=O) groups excluding carboxylic acids is 1. The van der Waals surface area contributed by atoms with Crippen LogP contribution in [0.15, 0.2) is 12.2 Å². The second kappa shape index (κ2) is 16.2. The van der Waals surface area contributed by atoms with E-state index in [1.165, 1.54) is 38.5 Å². The Kier molecular flexibility index (Phi) is 17.0. The Labute approximate surface area is 160 Å². The van der Waals surface area contributed by atoms with Crippen LogP contribution in [-0.2, 0) is 19.4 Å². The maximum atomic E-state index is 11.7. The van der Waals surface area contributed by atoms with E-state index in [1.807, 2.05) is 6.08 Å². The number of nitrogens with zero attached hydrogens (tertiary/aromatic N) is 1. The molecule has 0 aromatic rings. The molecule has 1 amide bonds. The van der Waals surface area contributed by atoms with E-state index in [1.54, 1.807) is 6.08 Å². The van der Waals surface area contributed by atoms with E-state index in [-0.39, 0.29) is 5.91 Å². The number of allylic oxidation sites excluding steroid dienone is 1. The van der Waals surface area contributed by atoms with Gasteiger partial charge in [0.25, 0.3) is 0 Å². The molecule has 1 N–H and O–H groups in total. The Balaban J connectivity index is 0. The van der Waals surface area contributed by atoms with Crippen LogP contribution in [0.4, 0.5) is 0 Å². The summed E-state index contributed by atoms with van der Waals surface area (Å²) in [5, 5.41) is 2.97. The molecule has 0 rings (SSSR count). The van der Waals surface area contributed by atoms with Crippen molar-refractivity contribution in [3.05, 3.63) is 12.2 Å². The van der Waals surface area contributed by atoms with Crippen molar-refractivity contribution in [2.24, 2.45) is 0 Å². The zero-order valence-corrected chi connectivity index (χ0v) is 17.9. The largest absolute Gasteiger partial charge is 0.726 e. The molecular weight excluding hydrogens is 356 g/mol. The number of nitrogens with one attached hydrogen (secondary N) is 1. The average molecular weight is 395 g/mol. The fraction of sp³-hybridized carbons (Fsp3) is 0.833. The van der Waals surface area contributed by atoms with Crippen LogP contribution in [0, 0.1) is 0 Å². The topological polar surface area (TPSA) is 95.5 Å². The minimum absolute atomic E-state index is 0.0401. The fourth-order valence-corrected chi connectivity index (χ4v) is 2.27. The number of carbonyl (C=O) groups is 1. The van der Waals surface area contributed by atoms with Gasteiger partial charge < -0.3 is 14.4 Å². The number of quaternary nitrogens is 1. The number of rotatable bonds is 13. The van der Waals surface area contributed by atoms with Crippen molar-refractivity contribution in [3.63, 3.8) is 0 Å². The molecule has 26 heavy (non-hydrogen) atoms. The van der Waals surface area contributed by atoms with Gasteiger partial charge in [-0.05, 0) is 25.3 Å². The zero-order valence-electron chi connectivity index (χ0n) is 17.1. The van der Waals surface area contributed by atoms with Crippen molar-refractivity contribution in [2.75, 3.05) is 34.4 Å². The van der Waals surface area contributed by atoms with Gasteiger partial charge in [0.05, 0.1) is 27.7 Å². The van der Waals surface area contributed by atoms with Gasteiger partial charge in [0.2, 0.25) is 16.3 Å². The maximum Gasteiger partial charge on any atom is 0.247 e. The molecule has 0 heterocycles. The third-order valence-corrected chi connectivity index (χ3v) is 4.12. The van der Waals surface area contributed by atoms with Crippen LogP contribution < -0.4 is 5.32 Å². The summed E-state index contributed by atoms with van der Waals surface area (Å²) in [5.74, 6) is 0.0401. The molecule has 0 atom stereocenters. The molecule has 0 aliphatic heterocycles. The molecule has 0 fully saturated rings. The molecule has 0 aliphatic carbocycles. The van der Waals surface area contributed by atoms with Gasteiger partial charge in [-0.1, -0.05) is 52.0 Å². The Morgan fingerprint density at radius 1 is 1.08 bits per heavy atom. The Bertz CT molecular complexity index is 476. The smallest absolute Gasteiger partial charge is 0.247 e. The quantitative estimate of drug-likeness (QED) is 0.129. The van der Waals surface area contributed by atoms with Gasteiger partial charge in [-0.2, -0.15) is 0 Å². The Morgan fingerprint density at radius 2 is 1.62 bits per heavy atom. The summed E-state index contributed by atoms with van der Waals surface area (Å²) in [6.07, 6.45) is 13.7. The molecule has 0 spiro atoms. The van der Waals surface area contributed by atoms with E-state index in [0.29, 0.717) is 6.67 Å². The monoisotopic (exact) mass is 394 g/mol. The van der Waals surface area contributed by atoms with E-state index in [0.717, 1.165) is 31.0 Å². The minimum atomic E-state index is -4.41. The highest BCUT2D eigenvalue weighted by Gasteiger charge is 2.13. The van der Waals surface area contributed by atoms with Gasteiger partial charge in [0, 0.05) is 0 Å². The van der Waals surface area contributed by atoms with Crippen LogP contribution in [0.1, 0.15) is 65.2 Å². The molecule has 156 valence electrons. The Morgan fingerprint density at radius 3 is 2.12 bits per heavy atom. The molecule has 0 bridgehead atoms. The van der Waals surface area contributed by atoms with Gasteiger partial charge in [0.1, 0.15) is 0 Å². The molecule has 7 nitrogen and oxygen atoms in total. The lowest BCUT2D eigenvalue weighted by atomic mass is 10.1. The van der Waals surface area contributed by atoms with E-state index in [9.17, 15) is 17.8 Å². The standard InChI is InChI=1S/C17H34N2O.CH4O4S/c1-5-7-8-9-10-11-12-13-14-17(20)18-16-19(3,4)15-6-2;1-5-6(2,3)4/h13-14H,5-12,15-16H2,1-4H3;1H3,(H,2,3,4). The third kappa shape index (κ3) is 23.0. The minimum Gasteiger partial charge on any atom is -0.726 e. The van der Waals surface area contributed by atoms with Crippen molar-refractivity contribution >= 4 is 16.3 Å². The summed E-state index contributed by atoms with van der Waals surface area (Å²) in [6, 6.07) is 0. The Hall–Kier alpha value is -0.960. The fourth-order valence-electron chi connectivity index (χ4n) is 2.27. The van der Waals surface area contributed by atoms with E-state index >= 15 is 0 Å². The molecule has 0 radical (unpaired) electrons. The van der Waals surface area contributed by atoms with Crippen molar-refractivity contribution < 1.29 is 26.4 Å². The lowest BCUT2D eigenvalue weighted by Crippen LogP contribution is -2.48. The van der Waals surface area contributed by atoms with Crippen LogP contribution >= 0.6 is 0 Å². The molecule has 0 saturated carbocycles. The van der Waals surface area contributed by atoms with Gasteiger partial charge in [0.15, 0.2) is 6.67 Å². The molecular formula is C18H38N2O5S. The van der Waals surface area contributed by atoms with Gasteiger partial charge >= 0.3 is 0 Å². The van der Waals surface area contributed by atoms with E-state index in [4.69, 9.17) is 0 Å². The molecule has 0 aromatic carbocycles. The SMILES string of the molecule is CCCCCCCCC=CC(=O)NC[N+](C)(C)CCC.COS(=O)(=O)[O-]. The van der Waals surface area contributed by atoms with Gasteiger partial charge in [-0.15, -0.1) is 0 Å². The molecule has 8 heteroatoms. The highest BCUT2D eigenvalue weighted by molar-refractivity contribution is 7.80. The van der Waals surface area contributed by atoms with Crippen molar-refractivity contribution in [3.8, 4) is 0 Å². The van der Waals surface area contributed by atoms with Gasteiger partial charge in [-0.25, -0.2) is 8.42 Å². The molecule has 0 saturated heterocycles. The first-order chi connectivity index (χ1) is 12.1. The van der Waals surface area contributed by atoms with Crippen molar-refractivity contribution in [1.29, 1.82) is 0 Å². The van der Waals surface area contributed by atoms with Gasteiger partial charge in [-0.3, -0.25) is 8.98 Å². The molecule has 0 aliphatic rings. The summed E-state index contributed by atoms with van der Waals surface area (Å²) in [6.45, 7) is 6.19. The molecule has 0 unspecified atom stereocenters. The predicted molar refractivity (Wildman–Crippen MR) is 104 cm³/mol. The summed E-state index contributed by atoms with van der Waals surface area (Å²) in [7, 11) is 0.681. The summed E-state index contributed by atoms with van der Waals surface area (Å²) in [4.78, 5) is 11.7.